The van der Waals surface area contributed by atoms with E-state index in [9.17, 15) is 0 Å². The van der Waals surface area contributed by atoms with Gasteiger partial charge in [-0.25, -0.2) is 0 Å². The van der Waals surface area contributed by atoms with Crippen LogP contribution in [-0.4, -0.2) is 0 Å². The van der Waals surface area contributed by atoms with E-state index in [1.165, 1.54) is 20.3 Å². The van der Waals surface area contributed by atoms with E-state index in [2.05, 4.69) is 61.2 Å². The molecular weight excluding hydrogens is 259 g/mol. The fourth-order valence-corrected chi connectivity index (χ4v) is 1.83. The quantitative estimate of drug-likeness (QED) is 0.568. The van der Waals surface area contributed by atoms with E-state index in [-0.39, 0.29) is 0 Å². The van der Waals surface area contributed by atoms with Crippen molar-refractivity contribution in [3.8, 4) is 0 Å². The number of halogens is 1. The third kappa shape index (κ3) is 2.63. The van der Waals surface area contributed by atoms with E-state index in [4.69, 9.17) is 0 Å². The van der Waals surface area contributed by atoms with Crippen molar-refractivity contribution >= 4 is 22.6 Å². The second-order valence-corrected chi connectivity index (χ2v) is 4.45. The van der Waals surface area contributed by atoms with Crippen LogP contribution >= 0.6 is 22.6 Å². The molecule has 12 heavy (non-hydrogen) atoms. The third-order valence-electron chi connectivity index (χ3n) is 1.80. The lowest BCUT2D eigenvalue weighted by Crippen LogP contribution is -1.90. The zero-order valence-corrected chi connectivity index (χ0v) is 9.68. The van der Waals surface area contributed by atoms with Crippen molar-refractivity contribution in [3.05, 3.63) is 45.0 Å². The Labute approximate surface area is 87.8 Å². The van der Waals surface area contributed by atoms with E-state index in [1.807, 2.05) is 0 Å². The van der Waals surface area contributed by atoms with Crippen LogP contribution in [0.3, 0.4) is 0 Å². The van der Waals surface area contributed by atoms with Gasteiger partial charge in [-0.3, -0.25) is 0 Å². The highest BCUT2D eigenvalue weighted by Crippen LogP contribution is 2.15. The van der Waals surface area contributed by atoms with Gasteiger partial charge in [-0.1, -0.05) is 18.2 Å². The van der Waals surface area contributed by atoms with E-state index < -0.39 is 0 Å². The first kappa shape index (κ1) is 9.78. The molecule has 0 heterocycles. The molecule has 1 aromatic rings. The predicted molar refractivity (Wildman–Crippen MR) is 62.4 cm³/mol. The molecule has 0 atom stereocenters. The number of allylic oxidation sites excluding steroid dienone is 1. The monoisotopic (exact) mass is 272 g/mol. The van der Waals surface area contributed by atoms with Crippen LogP contribution in [0, 0.1) is 10.5 Å². The van der Waals surface area contributed by atoms with Gasteiger partial charge < -0.3 is 0 Å². The minimum Gasteiger partial charge on any atom is -0.0998 e. The Morgan fingerprint density at radius 2 is 2.17 bits per heavy atom. The highest BCUT2D eigenvalue weighted by molar-refractivity contribution is 14.1. The Bertz CT molecular complexity index is 300. The van der Waals surface area contributed by atoms with Gasteiger partial charge in [0.05, 0.1) is 0 Å². The van der Waals surface area contributed by atoms with Gasteiger partial charge in [0.1, 0.15) is 0 Å². The SMILES string of the molecule is C=C(C)Cc1ccc(I)cc1C. The fourth-order valence-electron chi connectivity index (χ4n) is 1.18. The Morgan fingerprint density at radius 3 is 2.67 bits per heavy atom. The minimum atomic E-state index is 1.00. The molecule has 0 saturated heterocycles. The largest absolute Gasteiger partial charge is 0.0998 e. The number of benzene rings is 1. The number of hydrogen-bond acceptors (Lipinski definition) is 0. The average Bonchev–Trinajstić information content (AvgIpc) is 1.94. The van der Waals surface area contributed by atoms with E-state index >= 15 is 0 Å². The van der Waals surface area contributed by atoms with Crippen LogP contribution in [0.25, 0.3) is 0 Å². The number of hydrogen-bond donors (Lipinski definition) is 0. The molecule has 0 aliphatic rings. The summed E-state index contributed by atoms with van der Waals surface area (Å²) in [6, 6.07) is 6.54. The molecule has 0 aliphatic carbocycles. The normalized spacial score (nSPS) is 9.92. The topological polar surface area (TPSA) is 0 Å². The highest BCUT2D eigenvalue weighted by Gasteiger charge is 1.98. The maximum atomic E-state index is 3.91. The van der Waals surface area contributed by atoms with E-state index in [1.54, 1.807) is 0 Å². The Hall–Kier alpha value is -0.310. The van der Waals surface area contributed by atoms with Crippen LogP contribution in [0.4, 0.5) is 0 Å². The summed E-state index contributed by atoms with van der Waals surface area (Å²) in [4.78, 5) is 0. The van der Waals surface area contributed by atoms with Crippen LogP contribution in [0.15, 0.2) is 30.4 Å². The lowest BCUT2D eigenvalue weighted by molar-refractivity contribution is 1.12. The average molecular weight is 272 g/mol. The van der Waals surface area contributed by atoms with Crippen LogP contribution in [-0.2, 0) is 6.42 Å². The molecule has 0 bridgehead atoms. The Morgan fingerprint density at radius 1 is 1.50 bits per heavy atom. The van der Waals surface area contributed by atoms with Crippen molar-refractivity contribution in [2.45, 2.75) is 20.3 Å². The molecule has 1 rings (SSSR count). The molecule has 0 spiro atoms. The van der Waals surface area contributed by atoms with Gasteiger partial charge in [0.25, 0.3) is 0 Å². The molecule has 0 N–H and O–H groups in total. The van der Waals surface area contributed by atoms with Crippen molar-refractivity contribution < 1.29 is 0 Å². The Kier molecular flexibility index (Phi) is 3.32. The van der Waals surface area contributed by atoms with Gasteiger partial charge in [0.2, 0.25) is 0 Å². The van der Waals surface area contributed by atoms with Gasteiger partial charge in [0, 0.05) is 3.57 Å². The summed E-state index contributed by atoms with van der Waals surface area (Å²) < 4.78 is 1.30. The first-order valence-corrected chi connectivity index (χ1v) is 5.07. The van der Waals surface area contributed by atoms with Crippen LogP contribution in [0.2, 0.25) is 0 Å². The maximum Gasteiger partial charge on any atom is 0.0133 e. The van der Waals surface area contributed by atoms with Crippen molar-refractivity contribution in [2.75, 3.05) is 0 Å². The Balaban J connectivity index is 2.93. The van der Waals surface area contributed by atoms with E-state index in [0.29, 0.717) is 0 Å². The molecule has 0 nitrogen and oxygen atoms in total. The lowest BCUT2D eigenvalue weighted by Gasteiger charge is -2.05. The van der Waals surface area contributed by atoms with Crippen LogP contribution in [0.1, 0.15) is 18.1 Å². The minimum absolute atomic E-state index is 1.00. The first-order chi connectivity index (χ1) is 5.59. The van der Waals surface area contributed by atoms with Crippen molar-refractivity contribution in [1.29, 1.82) is 0 Å². The second-order valence-electron chi connectivity index (χ2n) is 3.20. The summed E-state index contributed by atoms with van der Waals surface area (Å²) in [5.41, 5.74) is 3.98. The zero-order chi connectivity index (χ0) is 9.14. The van der Waals surface area contributed by atoms with Gasteiger partial charge in [-0.2, -0.15) is 0 Å². The summed E-state index contributed by atoms with van der Waals surface area (Å²) in [6.07, 6.45) is 1.00. The molecule has 0 fully saturated rings. The second kappa shape index (κ2) is 4.08. The molecule has 0 aromatic heterocycles. The molecule has 0 radical (unpaired) electrons. The van der Waals surface area contributed by atoms with Gasteiger partial charge >= 0.3 is 0 Å². The summed E-state index contributed by atoms with van der Waals surface area (Å²) >= 11 is 2.33. The van der Waals surface area contributed by atoms with Gasteiger partial charge in [0.15, 0.2) is 0 Å². The molecular formula is C11H13I. The molecule has 0 unspecified atom stereocenters. The zero-order valence-electron chi connectivity index (χ0n) is 7.52. The summed E-state index contributed by atoms with van der Waals surface area (Å²) in [5.74, 6) is 0. The number of rotatable bonds is 2. The molecule has 0 amide bonds. The maximum absolute atomic E-state index is 3.91. The first-order valence-electron chi connectivity index (χ1n) is 3.99. The smallest absolute Gasteiger partial charge is 0.0133 e. The summed E-state index contributed by atoms with van der Waals surface area (Å²) in [7, 11) is 0. The number of aryl methyl sites for hydroxylation is 1. The van der Waals surface area contributed by atoms with Crippen LogP contribution in [0.5, 0.6) is 0 Å². The van der Waals surface area contributed by atoms with Gasteiger partial charge in [-0.05, 0) is 66.1 Å². The van der Waals surface area contributed by atoms with E-state index in [0.717, 1.165) is 6.42 Å². The fraction of sp³-hybridized carbons (Fsp3) is 0.273. The van der Waals surface area contributed by atoms with Crippen molar-refractivity contribution in [2.24, 2.45) is 0 Å². The molecule has 0 saturated carbocycles. The molecule has 1 aromatic carbocycles. The summed E-state index contributed by atoms with van der Waals surface area (Å²) in [6.45, 7) is 8.13. The third-order valence-corrected chi connectivity index (χ3v) is 2.47. The highest BCUT2D eigenvalue weighted by atomic mass is 127. The van der Waals surface area contributed by atoms with Crippen LogP contribution < -0.4 is 0 Å². The van der Waals surface area contributed by atoms with Crippen molar-refractivity contribution in [1.82, 2.24) is 0 Å². The van der Waals surface area contributed by atoms with Crippen molar-refractivity contribution in [3.63, 3.8) is 0 Å². The molecule has 0 aliphatic heterocycles. The predicted octanol–water partition coefficient (Wildman–Crippen LogP) is 3.72. The van der Waals surface area contributed by atoms with Gasteiger partial charge in [-0.15, -0.1) is 0 Å². The molecule has 1 heteroatoms. The molecule has 64 valence electrons. The standard InChI is InChI=1S/C11H13I/c1-8(2)6-10-4-5-11(12)7-9(10)3/h4-5,7H,1,6H2,2-3H3. The summed E-state index contributed by atoms with van der Waals surface area (Å²) in [5, 5.41) is 0. The lowest BCUT2D eigenvalue weighted by atomic mass is 10.0.